The molecule has 1 aromatic carbocycles. The SMILES string of the molecule is CCc1ccc(Cl)c(CC)c1N(CCl)C(C)=O. The van der Waals surface area contributed by atoms with Crippen LogP contribution in [-0.2, 0) is 17.6 Å². The van der Waals surface area contributed by atoms with E-state index in [1.807, 2.05) is 19.1 Å². The second-order valence-corrected chi connectivity index (χ2v) is 4.45. The molecule has 0 bridgehead atoms. The van der Waals surface area contributed by atoms with Crippen LogP contribution in [0.1, 0.15) is 31.9 Å². The number of amides is 1. The highest BCUT2D eigenvalue weighted by molar-refractivity contribution is 6.32. The summed E-state index contributed by atoms with van der Waals surface area (Å²) >= 11 is 12.1. The summed E-state index contributed by atoms with van der Waals surface area (Å²) in [6.45, 7) is 5.59. The topological polar surface area (TPSA) is 20.3 Å². The van der Waals surface area contributed by atoms with Crippen molar-refractivity contribution in [3.05, 3.63) is 28.3 Å². The molecule has 4 heteroatoms. The lowest BCUT2D eigenvalue weighted by atomic mass is 10.0. The van der Waals surface area contributed by atoms with Crippen molar-refractivity contribution in [3.63, 3.8) is 0 Å². The first-order valence-electron chi connectivity index (χ1n) is 5.71. The second-order valence-electron chi connectivity index (χ2n) is 3.81. The molecular formula is C13H17Cl2NO. The van der Waals surface area contributed by atoms with Gasteiger partial charge in [0.2, 0.25) is 5.91 Å². The van der Waals surface area contributed by atoms with Crippen LogP contribution in [0.5, 0.6) is 0 Å². The maximum atomic E-state index is 11.6. The number of carbonyl (C=O) groups excluding carboxylic acids is 1. The summed E-state index contributed by atoms with van der Waals surface area (Å²) in [6.07, 6.45) is 1.63. The number of aryl methyl sites for hydroxylation is 1. The molecule has 0 saturated carbocycles. The molecule has 94 valence electrons. The van der Waals surface area contributed by atoms with Gasteiger partial charge in [-0.2, -0.15) is 0 Å². The largest absolute Gasteiger partial charge is 0.298 e. The minimum atomic E-state index is -0.0633. The molecule has 0 aromatic heterocycles. The van der Waals surface area contributed by atoms with Gasteiger partial charge in [-0.3, -0.25) is 9.69 Å². The first-order chi connectivity index (χ1) is 8.06. The summed E-state index contributed by atoms with van der Waals surface area (Å²) in [5.41, 5.74) is 2.97. The molecule has 0 heterocycles. The molecule has 1 amide bonds. The highest BCUT2D eigenvalue weighted by atomic mass is 35.5. The fraction of sp³-hybridized carbons (Fsp3) is 0.462. The van der Waals surface area contributed by atoms with Gasteiger partial charge in [-0.15, -0.1) is 11.6 Å². The molecule has 1 aromatic rings. The fourth-order valence-corrected chi connectivity index (χ4v) is 2.49. The zero-order chi connectivity index (χ0) is 13.0. The van der Waals surface area contributed by atoms with E-state index in [9.17, 15) is 4.79 Å². The van der Waals surface area contributed by atoms with E-state index in [4.69, 9.17) is 23.2 Å². The van der Waals surface area contributed by atoms with Crippen molar-refractivity contribution in [2.24, 2.45) is 0 Å². The van der Waals surface area contributed by atoms with E-state index in [0.717, 1.165) is 29.7 Å². The van der Waals surface area contributed by atoms with Gasteiger partial charge in [-0.05, 0) is 30.0 Å². The average molecular weight is 274 g/mol. The third kappa shape index (κ3) is 2.93. The monoisotopic (exact) mass is 273 g/mol. The van der Waals surface area contributed by atoms with E-state index in [0.29, 0.717) is 5.02 Å². The number of alkyl halides is 1. The van der Waals surface area contributed by atoms with Gasteiger partial charge in [-0.25, -0.2) is 0 Å². The summed E-state index contributed by atoms with van der Waals surface area (Å²) in [7, 11) is 0. The van der Waals surface area contributed by atoms with Gasteiger partial charge >= 0.3 is 0 Å². The van der Waals surface area contributed by atoms with Gasteiger partial charge in [0.1, 0.15) is 6.00 Å². The minimum absolute atomic E-state index is 0.0633. The Bertz CT molecular complexity index is 418. The minimum Gasteiger partial charge on any atom is -0.298 e. The molecule has 0 aliphatic heterocycles. The van der Waals surface area contributed by atoms with Crippen LogP contribution in [0.2, 0.25) is 5.02 Å². The molecule has 0 saturated heterocycles. The fourth-order valence-electron chi connectivity index (χ4n) is 1.92. The Morgan fingerprint density at radius 2 is 1.94 bits per heavy atom. The number of nitrogens with zero attached hydrogens (tertiary/aromatic N) is 1. The predicted octanol–water partition coefficient (Wildman–Crippen LogP) is 4.01. The normalized spacial score (nSPS) is 10.4. The zero-order valence-electron chi connectivity index (χ0n) is 10.4. The summed E-state index contributed by atoms with van der Waals surface area (Å²) in [6, 6.07) is 3.99. The Morgan fingerprint density at radius 3 is 2.35 bits per heavy atom. The van der Waals surface area contributed by atoms with Crippen molar-refractivity contribution in [1.29, 1.82) is 0 Å². The van der Waals surface area contributed by atoms with Crippen LogP contribution >= 0.6 is 23.2 Å². The van der Waals surface area contributed by atoms with Crippen molar-refractivity contribution < 1.29 is 4.79 Å². The highest BCUT2D eigenvalue weighted by Gasteiger charge is 2.19. The summed E-state index contributed by atoms with van der Waals surface area (Å²) in [5.74, 6) is -0.0633. The van der Waals surface area contributed by atoms with Crippen molar-refractivity contribution >= 4 is 34.8 Å². The molecule has 0 fully saturated rings. The van der Waals surface area contributed by atoms with Gasteiger partial charge in [0.25, 0.3) is 0 Å². The molecular weight excluding hydrogens is 257 g/mol. The third-order valence-corrected chi connectivity index (χ3v) is 3.41. The van der Waals surface area contributed by atoms with Crippen molar-refractivity contribution in [1.82, 2.24) is 0 Å². The molecule has 0 spiro atoms. The molecule has 0 aliphatic carbocycles. The van der Waals surface area contributed by atoms with E-state index in [1.165, 1.54) is 6.92 Å². The van der Waals surface area contributed by atoms with E-state index < -0.39 is 0 Å². The maximum Gasteiger partial charge on any atom is 0.224 e. The lowest BCUT2D eigenvalue weighted by molar-refractivity contribution is -0.116. The van der Waals surface area contributed by atoms with Gasteiger partial charge in [-0.1, -0.05) is 31.5 Å². The van der Waals surface area contributed by atoms with Gasteiger partial charge in [0, 0.05) is 11.9 Å². The van der Waals surface area contributed by atoms with E-state index >= 15 is 0 Å². The van der Waals surface area contributed by atoms with Crippen LogP contribution in [0, 0.1) is 0 Å². The Hall–Kier alpha value is -0.730. The molecule has 0 N–H and O–H groups in total. The number of hydrogen-bond acceptors (Lipinski definition) is 1. The summed E-state index contributed by atoms with van der Waals surface area (Å²) < 4.78 is 0. The maximum absolute atomic E-state index is 11.6. The second kappa shape index (κ2) is 6.27. The number of rotatable bonds is 4. The third-order valence-electron chi connectivity index (χ3n) is 2.81. The lowest BCUT2D eigenvalue weighted by Gasteiger charge is -2.24. The van der Waals surface area contributed by atoms with Crippen LogP contribution in [0.25, 0.3) is 0 Å². The van der Waals surface area contributed by atoms with Crippen LogP contribution < -0.4 is 4.90 Å². The van der Waals surface area contributed by atoms with Crippen molar-refractivity contribution in [3.8, 4) is 0 Å². The van der Waals surface area contributed by atoms with Crippen LogP contribution in [-0.4, -0.2) is 11.9 Å². The summed E-state index contributed by atoms with van der Waals surface area (Å²) in [5, 5.41) is 0.691. The summed E-state index contributed by atoms with van der Waals surface area (Å²) in [4.78, 5) is 13.2. The molecule has 0 atom stereocenters. The van der Waals surface area contributed by atoms with Crippen molar-refractivity contribution in [2.75, 3.05) is 10.9 Å². The number of carbonyl (C=O) groups is 1. The lowest BCUT2D eigenvalue weighted by Crippen LogP contribution is -2.29. The molecule has 0 aliphatic rings. The predicted molar refractivity (Wildman–Crippen MR) is 74.1 cm³/mol. The highest BCUT2D eigenvalue weighted by Crippen LogP contribution is 2.32. The van der Waals surface area contributed by atoms with E-state index in [1.54, 1.807) is 4.90 Å². The first kappa shape index (κ1) is 14.3. The van der Waals surface area contributed by atoms with Gasteiger partial charge in [0.15, 0.2) is 0 Å². The van der Waals surface area contributed by atoms with Crippen LogP contribution in [0.4, 0.5) is 5.69 Å². The molecule has 0 radical (unpaired) electrons. The molecule has 17 heavy (non-hydrogen) atoms. The van der Waals surface area contributed by atoms with Crippen LogP contribution in [0.3, 0.4) is 0 Å². The zero-order valence-corrected chi connectivity index (χ0v) is 11.9. The number of benzene rings is 1. The average Bonchev–Trinajstić information content (AvgIpc) is 2.30. The van der Waals surface area contributed by atoms with Gasteiger partial charge < -0.3 is 0 Å². The quantitative estimate of drug-likeness (QED) is 0.600. The Balaban J connectivity index is 3.45. The standard InChI is InChI=1S/C13H17Cl2NO/c1-4-10-6-7-12(15)11(5-2)13(10)16(8-14)9(3)17/h6-7H,4-5,8H2,1-3H3. The Morgan fingerprint density at radius 1 is 1.29 bits per heavy atom. The van der Waals surface area contributed by atoms with Crippen LogP contribution in [0.15, 0.2) is 12.1 Å². The Kier molecular flexibility index (Phi) is 5.29. The smallest absolute Gasteiger partial charge is 0.224 e. The number of halogens is 2. The van der Waals surface area contributed by atoms with E-state index in [2.05, 4.69) is 6.92 Å². The molecule has 1 rings (SSSR count). The number of anilines is 1. The Labute approximate surface area is 113 Å². The number of hydrogen-bond donors (Lipinski definition) is 0. The van der Waals surface area contributed by atoms with Crippen molar-refractivity contribution in [2.45, 2.75) is 33.6 Å². The molecule has 2 nitrogen and oxygen atoms in total. The van der Waals surface area contributed by atoms with Gasteiger partial charge in [0.05, 0.1) is 5.69 Å². The van der Waals surface area contributed by atoms with E-state index in [-0.39, 0.29) is 11.9 Å². The first-order valence-corrected chi connectivity index (χ1v) is 6.62. The molecule has 0 unspecified atom stereocenters.